The van der Waals surface area contributed by atoms with Gasteiger partial charge in [0.2, 0.25) is 29.1 Å². The first kappa shape index (κ1) is 24.5. The lowest BCUT2D eigenvalue weighted by molar-refractivity contribution is 0.0952. The molecule has 0 heterocycles. The van der Waals surface area contributed by atoms with Crippen molar-refractivity contribution in [1.82, 2.24) is 5.43 Å². The van der Waals surface area contributed by atoms with Crippen LogP contribution in [-0.4, -0.2) is 26.3 Å². The van der Waals surface area contributed by atoms with Gasteiger partial charge in [0.05, 0.1) is 26.0 Å². The molecule has 0 atom stereocenters. The van der Waals surface area contributed by atoms with Gasteiger partial charge in [-0.15, -0.1) is 0 Å². The minimum absolute atomic E-state index is 0.214. The van der Waals surface area contributed by atoms with Gasteiger partial charge in [0.15, 0.2) is 5.75 Å². The molecular weight excluding hydrogens is 463 g/mol. The Balaban J connectivity index is 1.77. The van der Waals surface area contributed by atoms with Gasteiger partial charge in [-0.1, -0.05) is 12.1 Å². The number of methoxy groups -OCH3 is 2. The summed E-state index contributed by atoms with van der Waals surface area (Å²) >= 11 is 0. The highest BCUT2D eigenvalue weighted by atomic mass is 19.2. The zero-order chi connectivity index (χ0) is 24.8. The van der Waals surface area contributed by atoms with Crippen LogP contribution in [0.5, 0.6) is 17.2 Å². The van der Waals surface area contributed by atoms with Crippen molar-refractivity contribution < 1.29 is 41.0 Å². The van der Waals surface area contributed by atoms with E-state index >= 15 is 0 Å². The Bertz CT molecular complexity index is 1220. The number of ether oxygens (including phenoxy) is 3. The minimum atomic E-state index is -2.28. The summed E-state index contributed by atoms with van der Waals surface area (Å²) in [6.07, 6.45) is 1.27. The number of hydrogen-bond donors (Lipinski definition) is 1. The Morgan fingerprint density at radius 3 is 2.15 bits per heavy atom. The van der Waals surface area contributed by atoms with Gasteiger partial charge in [0, 0.05) is 5.56 Å². The lowest BCUT2D eigenvalue weighted by Gasteiger charge is -2.13. The average molecular weight is 480 g/mol. The molecule has 3 aromatic rings. The first-order valence-electron chi connectivity index (χ1n) is 9.56. The van der Waals surface area contributed by atoms with E-state index in [0.717, 1.165) is 0 Å². The summed E-state index contributed by atoms with van der Waals surface area (Å²) < 4.78 is 82.8. The second-order valence-electron chi connectivity index (χ2n) is 6.66. The molecule has 1 N–H and O–H groups in total. The molecule has 0 radical (unpaired) electrons. The molecule has 0 aliphatic carbocycles. The van der Waals surface area contributed by atoms with Crippen molar-refractivity contribution in [2.75, 3.05) is 14.2 Å². The third-order valence-electron chi connectivity index (χ3n) is 4.58. The summed E-state index contributed by atoms with van der Waals surface area (Å²) in [4.78, 5) is 12.3. The van der Waals surface area contributed by atoms with Crippen LogP contribution in [-0.2, 0) is 6.61 Å². The molecule has 178 valence electrons. The average Bonchev–Trinajstić information content (AvgIpc) is 2.86. The van der Waals surface area contributed by atoms with Crippen LogP contribution in [0.2, 0.25) is 0 Å². The molecule has 0 aromatic heterocycles. The number of halogens is 5. The highest BCUT2D eigenvalue weighted by Crippen LogP contribution is 2.30. The summed E-state index contributed by atoms with van der Waals surface area (Å²) in [7, 11) is 2.74. The molecule has 34 heavy (non-hydrogen) atoms. The van der Waals surface area contributed by atoms with Crippen LogP contribution in [0.3, 0.4) is 0 Å². The summed E-state index contributed by atoms with van der Waals surface area (Å²) in [5, 5.41) is 3.85. The Hall–Kier alpha value is -4.15. The second kappa shape index (κ2) is 10.6. The fourth-order valence-corrected chi connectivity index (χ4v) is 2.91. The lowest BCUT2D eigenvalue weighted by atomic mass is 10.1. The number of carbonyl (C=O) groups excluding carboxylic acids is 1. The molecule has 1 amide bonds. The van der Waals surface area contributed by atoms with E-state index in [9.17, 15) is 26.7 Å². The van der Waals surface area contributed by atoms with Crippen molar-refractivity contribution in [3.8, 4) is 17.2 Å². The smallest absolute Gasteiger partial charge is 0.275 e. The number of nitrogens with one attached hydrogen (secondary N) is 1. The number of hydrazone groups is 1. The third-order valence-corrected chi connectivity index (χ3v) is 4.58. The Morgan fingerprint density at radius 1 is 0.882 bits per heavy atom. The molecule has 3 rings (SSSR count). The summed E-state index contributed by atoms with van der Waals surface area (Å²) in [5.41, 5.74) is 3.22. The maximum absolute atomic E-state index is 13.9. The van der Waals surface area contributed by atoms with Gasteiger partial charge in [-0.25, -0.2) is 18.6 Å². The lowest BCUT2D eigenvalue weighted by Crippen LogP contribution is -2.18. The molecule has 0 spiro atoms. The zero-order valence-corrected chi connectivity index (χ0v) is 17.8. The van der Waals surface area contributed by atoms with Gasteiger partial charge < -0.3 is 14.2 Å². The first-order valence-corrected chi connectivity index (χ1v) is 9.56. The van der Waals surface area contributed by atoms with Crippen molar-refractivity contribution in [3.63, 3.8) is 0 Å². The highest BCUT2D eigenvalue weighted by molar-refractivity contribution is 5.97. The fourth-order valence-electron chi connectivity index (χ4n) is 2.91. The maximum atomic E-state index is 13.9. The highest BCUT2D eigenvalue weighted by Gasteiger charge is 2.27. The molecule has 0 fully saturated rings. The molecule has 0 aliphatic heterocycles. The Kier molecular flexibility index (Phi) is 7.67. The summed E-state index contributed by atoms with van der Waals surface area (Å²) in [5.74, 6) is -12.1. The monoisotopic (exact) mass is 480 g/mol. The van der Waals surface area contributed by atoms with Crippen LogP contribution in [0, 0.1) is 29.1 Å². The van der Waals surface area contributed by atoms with E-state index in [4.69, 9.17) is 14.2 Å². The maximum Gasteiger partial charge on any atom is 0.275 e. The van der Waals surface area contributed by atoms with E-state index in [2.05, 4.69) is 10.5 Å². The van der Waals surface area contributed by atoms with Crippen molar-refractivity contribution in [2.24, 2.45) is 5.10 Å². The van der Waals surface area contributed by atoms with Gasteiger partial charge in [0.1, 0.15) is 18.1 Å². The van der Waals surface area contributed by atoms with E-state index < -0.39 is 47.3 Å². The van der Waals surface area contributed by atoms with Crippen LogP contribution in [0.15, 0.2) is 47.6 Å². The number of carbonyl (C=O) groups is 1. The van der Waals surface area contributed by atoms with Crippen LogP contribution in [0.25, 0.3) is 0 Å². The molecule has 3 aromatic carbocycles. The zero-order valence-electron chi connectivity index (χ0n) is 17.8. The number of para-hydroxylation sites is 1. The van der Waals surface area contributed by atoms with Crippen molar-refractivity contribution in [1.29, 1.82) is 0 Å². The topological polar surface area (TPSA) is 69.2 Å². The SMILES string of the molecule is COc1ccc(/C=N/NC(=O)c2ccccc2OC)cc1COc1c(F)c(F)c(F)c(F)c1F. The van der Waals surface area contributed by atoms with E-state index in [-0.39, 0.29) is 16.9 Å². The second-order valence-corrected chi connectivity index (χ2v) is 6.66. The molecule has 0 saturated heterocycles. The number of amides is 1. The molecule has 0 aliphatic rings. The van der Waals surface area contributed by atoms with Gasteiger partial charge >= 0.3 is 0 Å². The van der Waals surface area contributed by atoms with E-state index in [1.54, 1.807) is 30.3 Å². The van der Waals surface area contributed by atoms with Gasteiger partial charge in [-0.05, 0) is 35.9 Å². The van der Waals surface area contributed by atoms with E-state index in [1.165, 1.54) is 32.6 Å². The van der Waals surface area contributed by atoms with E-state index in [1.807, 2.05) is 0 Å². The largest absolute Gasteiger partial charge is 0.496 e. The third kappa shape index (κ3) is 5.08. The number of benzene rings is 3. The summed E-state index contributed by atoms with van der Waals surface area (Å²) in [6, 6.07) is 11.0. The van der Waals surface area contributed by atoms with Crippen LogP contribution in [0.1, 0.15) is 21.5 Å². The van der Waals surface area contributed by atoms with Crippen LogP contribution >= 0.6 is 0 Å². The van der Waals surface area contributed by atoms with Gasteiger partial charge in [0.25, 0.3) is 5.91 Å². The minimum Gasteiger partial charge on any atom is -0.496 e. The molecule has 6 nitrogen and oxygen atoms in total. The number of rotatable bonds is 8. The normalized spacial score (nSPS) is 10.9. The fraction of sp³-hybridized carbons (Fsp3) is 0.130. The van der Waals surface area contributed by atoms with Crippen molar-refractivity contribution >= 4 is 12.1 Å². The molecule has 0 saturated carbocycles. The number of nitrogens with zero attached hydrogens (tertiary/aromatic N) is 1. The first-order chi connectivity index (χ1) is 16.3. The quantitative estimate of drug-likeness (QED) is 0.166. The molecular formula is C23H17F5N2O4. The van der Waals surface area contributed by atoms with Crippen molar-refractivity contribution in [2.45, 2.75) is 6.61 Å². The molecule has 0 bridgehead atoms. The molecule has 0 unspecified atom stereocenters. The van der Waals surface area contributed by atoms with Gasteiger partial charge in [-0.3, -0.25) is 4.79 Å². The standard InChI is InChI=1S/C23H17F5N2O4/c1-32-15-8-7-12(10-29-30-23(31)14-5-3-4-6-16(14)33-2)9-13(15)11-34-22-20(27)18(25)17(24)19(26)21(22)28/h3-10H,11H2,1-2H3,(H,30,31)/b29-10+. The van der Waals surface area contributed by atoms with E-state index in [0.29, 0.717) is 11.3 Å². The predicted molar refractivity (Wildman–Crippen MR) is 112 cm³/mol. The summed E-state index contributed by atoms with van der Waals surface area (Å²) in [6.45, 7) is -0.587. The number of hydrogen-bond acceptors (Lipinski definition) is 5. The molecule has 11 heteroatoms. The Morgan fingerprint density at radius 2 is 1.50 bits per heavy atom. The predicted octanol–water partition coefficient (Wildman–Crippen LogP) is 4.74. The van der Waals surface area contributed by atoms with Gasteiger partial charge in [-0.2, -0.15) is 13.9 Å². The Labute approximate surface area is 190 Å². The van der Waals surface area contributed by atoms with Crippen molar-refractivity contribution in [3.05, 3.63) is 88.2 Å². The van der Waals surface area contributed by atoms with Crippen LogP contribution in [0.4, 0.5) is 22.0 Å². The van der Waals surface area contributed by atoms with Crippen LogP contribution < -0.4 is 19.6 Å².